The van der Waals surface area contributed by atoms with Gasteiger partial charge < -0.3 is 4.90 Å². The average molecular weight is 316 g/mol. The van der Waals surface area contributed by atoms with Gasteiger partial charge in [0.1, 0.15) is 11.3 Å². The number of hydrogen-bond donors (Lipinski definition) is 0. The second-order valence-electron chi connectivity index (χ2n) is 6.12. The van der Waals surface area contributed by atoms with Crippen molar-refractivity contribution in [2.75, 3.05) is 6.54 Å². The van der Waals surface area contributed by atoms with Crippen molar-refractivity contribution in [2.24, 2.45) is 14.1 Å². The van der Waals surface area contributed by atoms with Gasteiger partial charge in [0.25, 0.3) is 11.5 Å². The largest absolute Gasteiger partial charge is 0.335 e. The van der Waals surface area contributed by atoms with Crippen molar-refractivity contribution < 1.29 is 4.79 Å². The van der Waals surface area contributed by atoms with Crippen molar-refractivity contribution in [1.29, 1.82) is 0 Å². The number of aromatic nitrogens is 3. The molecule has 2 aromatic heterocycles. The Kier molecular flexibility index (Phi) is 3.79. The van der Waals surface area contributed by atoms with Crippen LogP contribution < -0.4 is 11.2 Å². The smallest absolute Gasteiger partial charge is 0.332 e. The fourth-order valence-corrected chi connectivity index (χ4v) is 3.12. The Morgan fingerprint density at radius 2 is 1.91 bits per heavy atom. The lowest BCUT2D eigenvalue weighted by molar-refractivity contribution is 0.0630. The Labute approximate surface area is 133 Å². The van der Waals surface area contributed by atoms with Gasteiger partial charge in [0.15, 0.2) is 0 Å². The second kappa shape index (κ2) is 5.64. The summed E-state index contributed by atoms with van der Waals surface area (Å²) in [5.74, 6) is -0.146. The monoisotopic (exact) mass is 316 g/mol. The van der Waals surface area contributed by atoms with Gasteiger partial charge in [0, 0.05) is 26.7 Å². The predicted octanol–water partition coefficient (Wildman–Crippen LogP) is 0.647. The number of carbonyl (C=O) groups is 1. The highest BCUT2D eigenvalue weighted by Gasteiger charge is 2.25. The molecule has 0 spiro atoms. The van der Waals surface area contributed by atoms with E-state index in [4.69, 9.17) is 0 Å². The van der Waals surface area contributed by atoms with Crippen molar-refractivity contribution >= 4 is 16.9 Å². The number of hydrogen-bond acceptors (Lipinski definition) is 4. The predicted molar refractivity (Wildman–Crippen MR) is 86.6 cm³/mol. The third-order valence-corrected chi connectivity index (χ3v) is 4.58. The molecule has 0 aliphatic carbocycles. The molecule has 1 saturated heterocycles. The van der Waals surface area contributed by atoms with Gasteiger partial charge >= 0.3 is 5.69 Å². The third kappa shape index (κ3) is 2.46. The molecule has 1 fully saturated rings. The summed E-state index contributed by atoms with van der Waals surface area (Å²) >= 11 is 0. The van der Waals surface area contributed by atoms with Crippen LogP contribution in [0.15, 0.2) is 21.7 Å². The van der Waals surface area contributed by atoms with Crippen LogP contribution in [0.2, 0.25) is 0 Å². The van der Waals surface area contributed by atoms with Crippen molar-refractivity contribution in [3.8, 4) is 0 Å². The highest BCUT2D eigenvalue weighted by atomic mass is 16.2. The Morgan fingerprint density at radius 3 is 2.61 bits per heavy atom. The molecule has 1 amide bonds. The molecule has 2 aromatic rings. The zero-order valence-electron chi connectivity index (χ0n) is 13.6. The Balaban J connectivity index is 2.12. The van der Waals surface area contributed by atoms with Crippen LogP contribution in [-0.4, -0.2) is 37.5 Å². The lowest BCUT2D eigenvalue weighted by Crippen LogP contribution is -2.42. The second-order valence-corrected chi connectivity index (χ2v) is 6.12. The first-order valence-corrected chi connectivity index (χ1v) is 7.79. The minimum Gasteiger partial charge on any atom is -0.335 e. The molecule has 0 unspecified atom stereocenters. The van der Waals surface area contributed by atoms with Crippen molar-refractivity contribution in [2.45, 2.75) is 32.2 Å². The van der Waals surface area contributed by atoms with Crippen LogP contribution in [0, 0.1) is 0 Å². The van der Waals surface area contributed by atoms with Gasteiger partial charge in [-0.3, -0.25) is 18.7 Å². The van der Waals surface area contributed by atoms with Crippen LogP contribution in [0.3, 0.4) is 0 Å². The highest BCUT2D eigenvalue weighted by molar-refractivity contribution is 5.94. The molecule has 1 aliphatic rings. The molecule has 0 saturated carbocycles. The SMILES string of the molecule is C[C@H]1CCCCN1C(=O)c1ccc2c(=O)n(C)c(=O)n(C)c2n1. The van der Waals surface area contributed by atoms with E-state index in [-0.39, 0.29) is 23.3 Å². The first-order chi connectivity index (χ1) is 10.9. The fourth-order valence-electron chi connectivity index (χ4n) is 3.12. The van der Waals surface area contributed by atoms with E-state index in [1.54, 1.807) is 19.2 Å². The van der Waals surface area contributed by atoms with Crippen LogP contribution in [0.25, 0.3) is 11.0 Å². The lowest BCUT2D eigenvalue weighted by atomic mass is 10.0. The number of fused-ring (bicyclic) bond motifs is 1. The molecule has 122 valence electrons. The highest BCUT2D eigenvalue weighted by Crippen LogP contribution is 2.19. The van der Waals surface area contributed by atoms with Crippen molar-refractivity contribution in [3.05, 3.63) is 38.7 Å². The molecule has 23 heavy (non-hydrogen) atoms. The number of piperidine rings is 1. The van der Waals surface area contributed by atoms with E-state index in [9.17, 15) is 14.4 Å². The summed E-state index contributed by atoms with van der Waals surface area (Å²) in [6.07, 6.45) is 3.10. The van der Waals surface area contributed by atoms with Gasteiger partial charge in [-0.25, -0.2) is 9.78 Å². The topological polar surface area (TPSA) is 77.2 Å². The van der Waals surface area contributed by atoms with Crippen LogP contribution in [0.1, 0.15) is 36.7 Å². The van der Waals surface area contributed by atoms with E-state index < -0.39 is 11.2 Å². The molecule has 7 nitrogen and oxygen atoms in total. The number of pyridine rings is 1. The molecule has 0 aromatic carbocycles. The van der Waals surface area contributed by atoms with Gasteiger partial charge in [-0.05, 0) is 38.3 Å². The molecule has 1 atom stereocenters. The summed E-state index contributed by atoms with van der Waals surface area (Å²) in [6, 6.07) is 3.32. The van der Waals surface area contributed by atoms with Gasteiger partial charge in [0.2, 0.25) is 0 Å². The summed E-state index contributed by atoms with van der Waals surface area (Å²) in [5.41, 5.74) is -0.338. The zero-order chi connectivity index (χ0) is 16.7. The summed E-state index contributed by atoms with van der Waals surface area (Å²) in [4.78, 5) is 43.0. The van der Waals surface area contributed by atoms with E-state index in [2.05, 4.69) is 4.98 Å². The van der Waals surface area contributed by atoms with Gasteiger partial charge in [0.05, 0.1) is 5.39 Å². The van der Waals surface area contributed by atoms with Crippen molar-refractivity contribution in [3.63, 3.8) is 0 Å². The number of nitrogens with zero attached hydrogens (tertiary/aromatic N) is 4. The molecule has 3 heterocycles. The maximum atomic E-state index is 12.7. The quantitative estimate of drug-likeness (QED) is 0.774. The number of amides is 1. The van der Waals surface area contributed by atoms with E-state index in [1.807, 2.05) is 11.8 Å². The maximum absolute atomic E-state index is 12.7. The molecule has 7 heteroatoms. The Morgan fingerprint density at radius 1 is 1.17 bits per heavy atom. The van der Waals surface area contributed by atoms with Gasteiger partial charge in [-0.1, -0.05) is 0 Å². The number of carbonyl (C=O) groups excluding carboxylic acids is 1. The standard InChI is InChI=1S/C16H20N4O3/c1-10-6-4-5-9-20(10)15(22)12-8-7-11-13(17-12)18(2)16(23)19(3)14(11)21/h7-8,10H,4-6,9H2,1-3H3/t10-/m0/s1. The number of likely N-dealkylation sites (tertiary alicyclic amines) is 1. The first-order valence-electron chi connectivity index (χ1n) is 7.79. The van der Waals surface area contributed by atoms with Crippen LogP contribution >= 0.6 is 0 Å². The molecular formula is C16H20N4O3. The molecule has 0 N–H and O–H groups in total. The minimum absolute atomic E-state index is 0.146. The van der Waals surface area contributed by atoms with E-state index in [0.717, 1.165) is 30.4 Å². The maximum Gasteiger partial charge on any atom is 0.332 e. The summed E-state index contributed by atoms with van der Waals surface area (Å²) in [5, 5.41) is 0.331. The number of rotatable bonds is 1. The summed E-state index contributed by atoms with van der Waals surface area (Å²) in [7, 11) is 2.98. The zero-order valence-corrected chi connectivity index (χ0v) is 13.6. The Bertz CT molecular complexity index is 897. The number of aryl methyl sites for hydroxylation is 1. The third-order valence-electron chi connectivity index (χ3n) is 4.58. The van der Waals surface area contributed by atoms with E-state index in [1.165, 1.54) is 11.6 Å². The summed E-state index contributed by atoms with van der Waals surface area (Å²) < 4.78 is 2.34. The van der Waals surface area contributed by atoms with Crippen LogP contribution in [0.5, 0.6) is 0 Å². The summed E-state index contributed by atoms with van der Waals surface area (Å²) in [6.45, 7) is 2.75. The first kappa shape index (κ1) is 15.5. The van der Waals surface area contributed by atoms with Gasteiger partial charge in [-0.2, -0.15) is 0 Å². The molecule has 0 radical (unpaired) electrons. The van der Waals surface area contributed by atoms with Crippen molar-refractivity contribution in [1.82, 2.24) is 19.0 Å². The van der Waals surface area contributed by atoms with Crippen LogP contribution in [0.4, 0.5) is 0 Å². The van der Waals surface area contributed by atoms with E-state index in [0.29, 0.717) is 5.39 Å². The lowest BCUT2D eigenvalue weighted by Gasteiger charge is -2.33. The molecule has 3 rings (SSSR count). The normalized spacial score (nSPS) is 18.4. The minimum atomic E-state index is -0.453. The molecule has 1 aliphatic heterocycles. The van der Waals surface area contributed by atoms with E-state index >= 15 is 0 Å². The fraction of sp³-hybridized carbons (Fsp3) is 0.500. The average Bonchev–Trinajstić information content (AvgIpc) is 2.57. The van der Waals surface area contributed by atoms with Crippen LogP contribution in [-0.2, 0) is 14.1 Å². The van der Waals surface area contributed by atoms with Gasteiger partial charge in [-0.15, -0.1) is 0 Å². The molecular weight excluding hydrogens is 296 g/mol. The Hall–Kier alpha value is -2.44. The molecule has 0 bridgehead atoms.